The van der Waals surface area contributed by atoms with Crippen LogP contribution in [0.15, 0.2) is 48.5 Å². The quantitative estimate of drug-likeness (QED) is 0.561. The summed E-state index contributed by atoms with van der Waals surface area (Å²) < 4.78 is 33.4. The Morgan fingerprint density at radius 2 is 1.58 bits per heavy atom. The summed E-state index contributed by atoms with van der Waals surface area (Å²) in [6.45, 7) is 1.36. The molecule has 33 heavy (non-hydrogen) atoms. The third kappa shape index (κ3) is 4.53. The van der Waals surface area contributed by atoms with Crippen molar-refractivity contribution in [3.8, 4) is 11.1 Å². The lowest BCUT2D eigenvalue weighted by molar-refractivity contribution is -0.171. The normalized spacial score (nSPS) is 16.8. The fraction of sp³-hybridized carbons (Fsp3) is 0.375. The van der Waals surface area contributed by atoms with E-state index < -0.39 is 41.9 Å². The fourth-order valence-corrected chi connectivity index (χ4v) is 4.23. The molecule has 0 saturated heterocycles. The second kappa shape index (κ2) is 8.80. The molecule has 1 saturated carbocycles. The SMILES string of the molecule is C[C@@H](NC(=O)OCC1c2ccccc2-c2ccccc21)C(=O)NC(C1CC1)C(F)(F)C(=O)O. The first-order valence-corrected chi connectivity index (χ1v) is 10.7. The molecule has 2 amide bonds. The average molecular weight is 458 g/mol. The highest BCUT2D eigenvalue weighted by atomic mass is 19.3. The molecule has 0 spiro atoms. The molecule has 2 aliphatic carbocycles. The monoisotopic (exact) mass is 458 g/mol. The molecule has 0 bridgehead atoms. The van der Waals surface area contributed by atoms with Gasteiger partial charge in [-0.3, -0.25) is 4.79 Å². The number of nitrogens with one attached hydrogen (secondary N) is 2. The second-order valence-electron chi connectivity index (χ2n) is 8.44. The highest BCUT2D eigenvalue weighted by molar-refractivity contribution is 5.87. The summed E-state index contributed by atoms with van der Waals surface area (Å²) in [5, 5.41) is 13.2. The van der Waals surface area contributed by atoms with Gasteiger partial charge in [0.15, 0.2) is 0 Å². The molecule has 0 heterocycles. The number of alkyl halides is 2. The van der Waals surface area contributed by atoms with Crippen LogP contribution in [-0.4, -0.2) is 47.7 Å². The third-order valence-corrected chi connectivity index (χ3v) is 6.14. The predicted octanol–water partition coefficient (Wildman–Crippen LogP) is 3.53. The van der Waals surface area contributed by atoms with Crippen molar-refractivity contribution in [3.05, 3.63) is 59.7 Å². The van der Waals surface area contributed by atoms with Crippen molar-refractivity contribution in [2.45, 2.75) is 43.7 Å². The van der Waals surface area contributed by atoms with Gasteiger partial charge in [-0.1, -0.05) is 48.5 Å². The van der Waals surface area contributed by atoms with Crippen molar-refractivity contribution in [2.24, 2.45) is 5.92 Å². The Morgan fingerprint density at radius 1 is 1.03 bits per heavy atom. The predicted molar refractivity (Wildman–Crippen MR) is 115 cm³/mol. The van der Waals surface area contributed by atoms with Gasteiger partial charge in [0.1, 0.15) is 18.7 Å². The van der Waals surface area contributed by atoms with E-state index in [0.29, 0.717) is 12.8 Å². The molecule has 2 aromatic carbocycles. The number of hydrogen-bond acceptors (Lipinski definition) is 4. The zero-order valence-corrected chi connectivity index (χ0v) is 17.9. The third-order valence-electron chi connectivity index (χ3n) is 6.14. The van der Waals surface area contributed by atoms with Crippen LogP contribution in [0.2, 0.25) is 0 Å². The molecule has 0 aliphatic heterocycles. The summed E-state index contributed by atoms with van der Waals surface area (Å²) in [6.07, 6.45) is -0.0585. The first-order chi connectivity index (χ1) is 15.7. The molecular weight excluding hydrogens is 434 g/mol. The van der Waals surface area contributed by atoms with Gasteiger partial charge in [0.25, 0.3) is 0 Å². The van der Waals surface area contributed by atoms with E-state index in [4.69, 9.17) is 9.84 Å². The molecule has 2 atom stereocenters. The maximum atomic E-state index is 14.0. The molecule has 1 unspecified atom stereocenters. The van der Waals surface area contributed by atoms with Crippen molar-refractivity contribution in [2.75, 3.05) is 6.61 Å². The van der Waals surface area contributed by atoms with E-state index in [-0.39, 0.29) is 12.5 Å². The number of carboxylic acid groups (broad SMARTS) is 1. The van der Waals surface area contributed by atoms with Crippen LogP contribution in [0.1, 0.15) is 36.8 Å². The van der Waals surface area contributed by atoms with Gasteiger partial charge in [-0.2, -0.15) is 8.78 Å². The highest BCUT2D eigenvalue weighted by Crippen LogP contribution is 2.44. The van der Waals surface area contributed by atoms with Crippen LogP contribution in [0.4, 0.5) is 13.6 Å². The lowest BCUT2D eigenvalue weighted by atomic mass is 9.98. The average Bonchev–Trinajstić information content (AvgIpc) is 3.58. The van der Waals surface area contributed by atoms with Gasteiger partial charge in [0, 0.05) is 5.92 Å². The molecule has 7 nitrogen and oxygen atoms in total. The number of carboxylic acids is 1. The second-order valence-corrected chi connectivity index (χ2v) is 8.44. The Morgan fingerprint density at radius 3 is 2.09 bits per heavy atom. The number of carbonyl (C=O) groups is 3. The molecule has 174 valence electrons. The molecule has 4 rings (SSSR count). The van der Waals surface area contributed by atoms with E-state index in [1.54, 1.807) is 0 Å². The number of benzene rings is 2. The minimum Gasteiger partial charge on any atom is -0.477 e. The number of rotatable bonds is 8. The minimum atomic E-state index is -4.10. The van der Waals surface area contributed by atoms with Crippen LogP contribution >= 0.6 is 0 Å². The van der Waals surface area contributed by atoms with Gasteiger partial charge in [0.05, 0.1) is 0 Å². The van der Waals surface area contributed by atoms with E-state index in [2.05, 4.69) is 10.6 Å². The smallest absolute Gasteiger partial charge is 0.407 e. The molecule has 1 fully saturated rings. The number of hydrogen-bond donors (Lipinski definition) is 3. The van der Waals surface area contributed by atoms with Gasteiger partial charge in [-0.25, -0.2) is 9.59 Å². The minimum absolute atomic E-state index is 0.0377. The zero-order chi connectivity index (χ0) is 23.8. The van der Waals surface area contributed by atoms with E-state index in [9.17, 15) is 23.2 Å². The standard InChI is InChI=1S/C24H24F2N2O5/c1-13(21(29)28-20(14-10-11-14)24(25,26)22(30)31)27-23(32)33-12-19-17-8-4-2-6-15(17)16-7-3-5-9-18(16)19/h2-9,13-14,19-20H,10-12H2,1H3,(H,27,32)(H,28,29)(H,30,31)/t13-,20?/m1/s1. The molecular formula is C24H24F2N2O5. The van der Waals surface area contributed by atoms with Crippen LogP contribution in [0.5, 0.6) is 0 Å². The summed E-state index contributed by atoms with van der Waals surface area (Å²) in [7, 11) is 0. The van der Waals surface area contributed by atoms with Crippen molar-refractivity contribution in [1.82, 2.24) is 10.6 Å². The van der Waals surface area contributed by atoms with Crippen LogP contribution in [0.3, 0.4) is 0 Å². The van der Waals surface area contributed by atoms with E-state index >= 15 is 0 Å². The molecule has 2 aliphatic rings. The van der Waals surface area contributed by atoms with Gasteiger partial charge in [0.2, 0.25) is 5.91 Å². The van der Waals surface area contributed by atoms with Crippen molar-refractivity contribution in [1.29, 1.82) is 0 Å². The van der Waals surface area contributed by atoms with Crippen LogP contribution in [0.25, 0.3) is 11.1 Å². The van der Waals surface area contributed by atoms with Crippen molar-refractivity contribution in [3.63, 3.8) is 0 Å². The largest absolute Gasteiger partial charge is 0.477 e. The van der Waals surface area contributed by atoms with Gasteiger partial charge >= 0.3 is 18.0 Å². The Bertz CT molecular complexity index is 1040. The van der Waals surface area contributed by atoms with Crippen LogP contribution in [-0.2, 0) is 14.3 Å². The number of fused-ring (bicyclic) bond motifs is 3. The molecule has 2 aromatic rings. The van der Waals surface area contributed by atoms with E-state index in [0.717, 1.165) is 22.3 Å². The Balaban J connectivity index is 1.35. The molecule has 0 radical (unpaired) electrons. The lowest BCUT2D eigenvalue weighted by Gasteiger charge is -2.26. The number of aliphatic carboxylic acids is 1. The number of alkyl carbamates (subject to hydrolysis) is 1. The maximum Gasteiger partial charge on any atom is 0.407 e. The number of carbonyl (C=O) groups excluding carboxylic acids is 2. The number of ether oxygens (including phenoxy) is 1. The highest BCUT2D eigenvalue weighted by Gasteiger charge is 2.54. The summed E-state index contributed by atoms with van der Waals surface area (Å²) >= 11 is 0. The molecule has 3 N–H and O–H groups in total. The van der Waals surface area contributed by atoms with Crippen molar-refractivity contribution >= 4 is 18.0 Å². The summed E-state index contributed by atoms with van der Waals surface area (Å²) in [5.74, 6) is -8.07. The Kier molecular flexibility index (Phi) is 6.05. The number of amides is 2. The van der Waals surface area contributed by atoms with Gasteiger partial charge < -0.3 is 20.5 Å². The first-order valence-electron chi connectivity index (χ1n) is 10.7. The Hall–Kier alpha value is -3.49. The molecule has 9 heteroatoms. The van der Waals surface area contributed by atoms with E-state index in [1.165, 1.54) is 6.92 Å². The lowest BCUT2D eigenvalue weighted by Crippen LogP contribution is -2.57. The molecule has 0 aromatic heterocycles. The van der Waals surface area contributed by atoms with Gasteiger partial charge in [-0.05, 0) is 47.9 Å². The number of halogens is 2. The Labute approximate surface area is 189 Å². The summed E-state index contributed by atoms with van der Waals surface area (Å²) in [5.41, 5.74) is 4.20. The van der Waals surface area contributed by atoms with Crippen LogP contribution in [0, 0.1) is 5.92 Å². The maximum absolute atomic E-state index is 14.0. The first kappa shape index (κ1) is 22.7. The fourth-order valence-electron chi connectivity index (χ4n) is 4.23. The van der Waals surface area contributed by atoms with Crippen LogP contribution < -0.4 is 10.6 Å². The summed E-state index contributed by atoms with van der Waals surface area (Å²) in [6, 6.07) is 12.6. The topological polar surface area (TPSA) is 105 Å². The zero-order valence-electron chi connectivity index (χ0n) is 17.9. The van der Waals surface area contributed by atoms with Crippen molar-refractivity contribution < 1.29 is 33.0 Å². The van der Waals surface area contributed by atoms with E-state index in [1.807, 2.05) is 48.5 Å². The summed E-state index contributed by atoms with van der Waals surface area (Å²) in [4.78, 5) is 35.6. The van der Waals surface area contributed by atoms with Gasteiger partial charge in [-0.15, -0.1) is 0 Å².